The third-order valence-electron chi connectivity index (χ3n) is 5.62. The molecule has 1 saturated carbocycles. The Hall–Kier alpha value is -1.84. The number of aryl methyl sites for hydroxylation is 2. The first-order valence-electron chi connectivity index (χ1n) is 9.42. The Kier molecular flexibility index (Phi) is 4.30. The number of amides is 2. The highest BCUT2D eigenvalue weighted by molar-refractivity contribution is 5.94. The van der Waals surface area contributed by atoms with E-state index in [1.54, 1.807) is 0 Å². The van der Waals surface area contributed by atoms with Gasteiger partial charge in [0.2, 0.25) is 5.91 Å². The van der Waals surface area contributed by atoms with E-state index in [2.05, 4.69) is 12.1 Å². The molecule has 0 spiro atoms. The molecule has 0 radical (unpaired) electrons. The molecule has 3 aliphatic rings. The normalized spacial score (nSPS) is 21.2. The van der Waals surface area contributed by atoms with E-state index in [0.717, 1.165) is 50.8 Å². The summed E-state index contributed by atoms with van der Waals surface area (Å²) >= 11 is 0. The molecule has 1 aliphatic heterocycles. The van der Waals surface area contributed by atoms with Gasteiger partial charge >= 0.3 is 0 Å². The Bertz CT molecular complexity index is 651. The zero-order valence-electron chi connectivity index (χ0n) is 14.3. The number of hydrogen-bond donors (Lipinski definition) is 0. The Morgan fingerprint density at radius 2 is 1.54 bits per heavy atom. The lowest BCUT2D eigenvalue weighted by Gasteiger charge is -2.23. The fourth-order valence-corrected chi connectivity index (χ4v) is 3.98. The molecule has 4 rings (SSSR count). The van der Waals surface area contributed by atoms with Crippen LogP contribution in [0.3, 0.4) is 0 Å². The molecular formula is C20H26N2O2. The van der Waals surface area contributed by atoms with E-state index >= 15 is 0 Å². The maximum atomic E-state index is 12.9. The van der Waals surface area contributed by atoms with Crippen LogP contribution in [0.2, 0.25) is 0 Å². The first kappa shape index (κ1) is 15.7. The lowest BCUT2D eigenvalue weighted by atomic mass is 9.90. The van der Waals surface area contributed by atoms with Crippen molar-refractivity contribution in [2.45, 2.75) is 44.9 Å². The van der Waals surface area contributed by atoms with Gasteiger partial charge in [0, 0.05) is 37.7 Å². The van der Waals surface area contributed by atoms with Crippen LogP contribution in [0.5, 0.6) is 0 Å². The van der Waals surface area contributed by atoms with Crippen molar-refractivity contribution in [3.05, 3.63) is 34.9 Å². The third-order valence-corrected chi connectivity index (χ3v) is 5.62. The van der Waals surface area contributed by atoms with Crippen LogP contribution in [0, 0.1) is 5.92 Å². The molecule has 1 saturated heterocycles. The van der Waals surface area contributed by atoms with Gasteiger partial charge in [-0.05, 0) is 68.2 Å². The van der Waals surface area contributed by atoms with Crippen LogP contribution in [0.4, 0.5) is 0 Å². The zero-order chi connectivity index (χ0) is 16.5. The fourth-order valence-electron chi connectivity index (χ4n) is 3.98. The van der Waals surface area contributed by atoms with Crippen molar-refractivity contribution in [2.24, 2.45) is 5.92 Å². The van der Waals surface area contributed by atoms with Crippen molar-refractivity contribution in [1.29, 1.82) is 0 Å². The lowest BCUT2D eigenvalue weighted by molar-refractivity contribution is -0.132. The predicted molar refractivity (Wildman–Crippen MR) is 92.9 cm³/mol. The number of nitrogens with zero attached hydrogens (tertiary/aromatic N) is 2. The molecule has 2 amide bonds. The van der Waals surface area contributed by atoms with Gasteiger partial charge in [0.05, 0.1) is 0 Å². The second-order valence-corrected chi connectivity index (χ2v) is 7.44. The summed E-state index contributed by atoms with van der Waals surface area (Å²) in [7, 11) is 0. The summed E-state index contributed by atoms with van der Waals surface area (Å²) in [5.41, 5.74) is 3.58. The smallest absolute Gasteiger partial charge is 0.253 e. The standard InChI is InChI=1S/C20H26N2O2/c23-19(16-7-8-16)21-10-3-11-22(13-12-21)20(24)18-9-6-15-4-1-2-5-17(15)14-18/h6,9,14,16H,1-5,7-8,10-13H2. The molecule has 0 atom stereocenters. The number of rotatable bonds is 2. The minimum absolute atomic E-state index is 0.129. The molecule has 0 bridgehead atoms. The number of benzene rings is 1. The molecule has 0 aromatic heterocycles. The molecule has 24 heavy (non-hydrogen) atoms. The van der Waals surface area contributed by atoms with Crippen LogP contribution in [0.15, 0.2) is 18.2 Å². The van der Waals surface area contributed by atoms with Crippen LogP contribution in [0.1, 0.15) is 53.6 Å². The Balaban J connectivity index is 1.43. The molecule has 2 fully saturated rings. The minimum atomic E-state index is 0.129. The summed E-state index contributed by atoms with van der Waals surface area (Å²) in [5.74, 6) is 0.704. The summed E-state index contributed by atoms with van der Waals surface area (Å²) in [4.78, 5) is 29.0. The van der Waals surface area contributed by atoms with Crippen molar-refractivity contribution in [3.63, 3.8) is 0 Å². The summed E-state index contributed by atoms with van der Waals surface area (Å²) in [6, 6.07) is 6.24. The van der Waals surface area contributed by atoms with E-state index in [1.807, 2.05) is 15.9 Å². The van der Waals surface area contributed by atoms with Crippen molar-refractivity contribution < 1.29 is 9.59 Å². The van der Waals surface area contributed by atoms with Crippen LogP contribution < -0.4 is 0 Å². The lowest BCUT2D eigenvalue weighted by Crippen LogP contribution is -2.38. The molecule has 1 heterocycles. The van der Waals surface area contributed by atoms with Gasteiger partial charge in [-0.25, -0.2) is 0 Å². The number of fused-ring (bicyclic) bond motifs is 1. The van der Waals surface area contributed by atoms with Crippen molar-refractivity contribution in [2.75, 3.05) is 26.2 Å². The largest absolute Gasteiger partial charge is 0.341 e. The Morgan fingerprint density at radius 3 is 2.33 bits per heavy atom. The molecule has 0 N–H and O–H groups in total. The van der Waals surface area contributed by atoms with Gasteiger partial charge in [-0.15, -0.1) is 0 Å². The van der Waals surface area contributed by atoms with Crippen LogP contribution >= 0.6 is 0 Å². The maximum Gasteiger partial charge on any atom is 0.253 e. The average molecular weight is 326 g/mol. The molecule has 2 aliphatic carbocycles. The summed E-state index contributed by atoms with van der Waals surface area (Å²) < 4.78 is 0. The highest BCUT2D eigenvalue weighted by atomic mass is 16.2. The van der Waals surface area contributed by atoms with Gasteiger partial charge in [-0.2, -0.15) is 0 Å². The van der Waals surface area contributed by atoms with Gasteiger partial charge in [-0.1, -0.05) is 6.07 Å². The monoisotopic (exact) mass is 326 g/mol. The van der Waals surface area contributed by atoms with Gasteiger partial charge in [0.15, 0.2) is 0 Å². The summed E-state index contributed by atoms with van der Waals surface area (Å²) in [6.45, 7) is 2.90. The first-order chi connectivity index (χ1) is 11.7. The molecular weight excluding hydrogens is 300 g/mol. The topological polar surface area (TPSA) is 40.6 Å². The third kappa shape index (κ3) is 3.19. The zero-order valence-corrected chi connectivity index (χ0v) is 14.3. The predicted octanol–water partition coefficient (Wildman–Crippen LogP) is 2.65. The quantitative estimate of drug-likeness (QED) is 0.838. The Labute approximate surface area is 143 Å². The fraction of sp³-hybridized carbons (Fsp3) is 0.600. The first-order valence-corrected chi connectivity index (χ1v) is 9.42. The molecule has 4 heteroatoms. The van der Waals surface area contributed by atoms with Crippen LogP contribution in [-0.4, -0.2) is 47.8 Å². The second kappa shape index (κ2) is 6.58. The van der Waals surface area contributed by atoms with Crippen molar-refractivity contribution in [3.8, 4) is 0 Å². The number of carbonyl (C=O) groups is 2. The molecule has 0 unspecified atom stereocenters. The van der Waals surface area contributed by atoms with Crippen molar-refractivity contribution >= 4 is 11.8 Å². The molecule has 1 aromatic carbocycles. The number of carbonyl (C=O) groups excluding carboxylic acids is 2. The van der Waals surface area contributed by atoms with E-state index in [1.165, 1.54) is 24.0 Å². The van der Waals surface area contributed by atoms with Crippen molar-refractivity contribution in [1.82, 2.24) is 9.80 Å². The van der Waals surface area contributed by atoms with Gasteiger partial charge in [-0.3, -0.25) is 9.59 Å². The maximum absolute atomic E-state index is 12.9. The second-order valence-electron chi connectivity index (χ2n) is 7.44. The van der Waals surface area contributed by atoms with Gasteiger partial charge < -0.3 is 9.80 Å². The SMILES string of the molecule is O=C(c1ccc2c(c1)CCCC2)N1CCCN(C(=O)C2CC2)CC1. The van der Waals surface area contributed by atoms with Gasteiger partial charge in [0.25, 0.3) is 5.91 Å². The summed E-state index contributed by atoms with van der Waals surface area (Å²) in [5, 5.41) is 0. The molecule has 1 aromatic rings. The Morgan fingerprint density at radius 1 is 0.833 bits per heavy atom. The highest BCUT2D eigenvalue weighted by Gasteiger charge is 2.34. The van der Waals surface area contributed by atoms with Gasteiger partial charge in [0.1, 0.15) is 0 Å². The summed E-state index contributed by atoms with van der Waals surface area (Å²) in [6.07, 6.45) is 7.71. The van der Waals surface area contributed by atoms with E-state index in [-0.39, 0.29) is 11.8 Å². The number of hydrogen-bond acceptors (Lipinski definition) is 2. The molecule has 4 nitrogen and oxygen atoms in total. The van der Waals surface area contributed by atoms with E-state index < -0.39 is 0 Å². The van der Waals surface area contributed by atoms with E-state index in [0.29, 0.717) is 19.0 Å². The van der Waals surface area contributed by atoms with Crippen LogP contribution in [0.25, 0.3) is 0 Å². The van der Waals surface area contributed by atoms with E-state index in [9.17, 15) is 9.59 Å². The van der Waals surface area contributed by atoms with E-state index in [4.69, 9.17) is 0 Å². The van der Waals surface area contributed by atoms with Crippen LogP contribution in [-0.2, 0) is 17.6 Å². The molecule has 128 valence electrons. The average Bonchev–Trinajstić information content (AvgIpc) is 3.46. The highest BCUT2D eigenvalue weighted by Crippen LogP contribution is 2.31. The minimum Gasteiger partial charge on any atom is -0.341 e.